The number of aryl methyl sites for hydroxylation is 1. The Kier molecular flexibility index (Phi) is 4.71. The van der Waals surface area contributed by atoms with Crippen molar-refractivity contribution in [3.63, 3.8) is 0 Å². The van der Waals surface area contributed by atoms with Gasteiger partial charge in [-0.2, -0.15) is 0 Å². The highest BCUT2D eigenvalue weighted by atomic mass is 16.4. The van der Waals surface area contributed by atoms with Gasteiger partial charge in [0.2, 0.25) is 17.7 Å². The van der Waals surface area contributed by atoms with E-state index in [1.54, 1.807) is 6.92 Å². The molecule has 1 aliphatic heterocycles. The van der Waals surface area contributed by atoms with Crippen LogP contribution in [0, 0.1) is 6.92 Å². The van der Waals surface area contributed by atoms with E-state index in [0.717, 1.165) is 24.2 Å². The third kappa shape index (κ3) is 3.48. The normalized spacial score (nSPS) is 21.2. The Labute approximate surface area is 151 Å². The first-order valence-corrected chi connectivity index (χ1v) is 8.90. The fraction of sp³-hybridized carbons (Fsp3) is 0.500. The second-order valence-electron chi connectivity index (χ2n) is 6.68. The zero-order chi connectivity index (χ0) is 18.1. The number of aliphatic hydroxyl groups excluding tert-OH is 1. The first-order chi connectivity index (χ1) is 12.6. The number of benzene rings is 1. The van der Waals surface area contributed by atoms with Gasteiger partial charge in [-0.3, -0.25) is 9.80 Å². The SMILES string of the molecule is CCN(Cc1nnc(C)o1)[C@H]1CN(Cc2nc3ccccc3o2)C[C@H]1O. The van der Waals surface area contributed by atoms with E-state index >= 15 is 0 Å². The summed E-state index contributed by atoms with van der Waals surface area (Å²) in [6, 6.07) is 7.75. The minimum absolute atomic E-state index is 0.0107. The summed E-state index contributed by atoms with van der Waals surface area (Å²) < 4.78 is 11.3. The van der Waals surface area contributed by atoms with Gasteiger partial charge in [-0.1, -0.05) is 19.1 Å². The number of para-hydroxylation sites is 2. The molecule has 0 radical (unpaired) electrons. The van der Waals surface area contributed by atoms with E-state index in [0.29, 0.717) is 37.3 Å². The number of aliphatic hydroxyl groups is 1. The second-order valence-corrected chi connectivity index (χ2v) is 6.68. The molecule has 2 aromatic heterocycles. The first kappa shape index (κ1) is 17.1. The molecule has 3 aromatic rings. The van der Waals surface area contributed by atoms with E-state index in [4.69, 9.17) is 8.83 Å². The van der Waals surface area contributed by atoms with Gasteiger partial charge < -0.3 is 13.9 Å². The number of fused-ring (bicyclic) bond motifs is 1. The predicted octanol–water partition coefficient (Wildman–Crippen LogP) is 1.59. The highest BCUT2D eigenvalue weighted by molar-refractivity contribution is 5.72. The number of hydrogen-bond acceptors (Lipinski definition) is 8. The molecule has 0 saturated carbocycles. The molecule has 1 saturated heterocycles. The minimum Gasteiger partial charge on any atom is -0.439 e. The maximum Gasteiger partial charge on any atom is 0.230 e. The zero-order valence-corrected chi connectivity index (χ0v) is 15.0. The molecule has 0 bridgehead atoms. The Bertz CT molecular complexity index is 843. The number of likely N-dealkylation sites (N-methyl/N-ethyl adjacent to an activating group) is 1. The highest BCUT2D eigenvalue weighted by Gasteiger charge is 2.36. The molecule has 0 aliphatic carbocycles. The summed E-state index contributed by atoms with van der Waals surface area (Å²) in [4.78, 5) is 8.86. The molecule has 1 aliphatic rings. The van der Waals surface area contributed by atoms with Crippen LogP contribution in [0.4, 0.5) is 0 Å². The van der Waals surface area contributed by atoms with Gasteiger partial charge in [-0.05, 0) is 18.7 Å². The molecule has 4 rings (SSSR count). The van der Waals surface area contributed by atoms with Gasteiger partial charge in [0.15, 0.2) is 5.58 Å². The quantitative estimate of drug-likeness (QED) is 0.711. The van der Waals surface area contributed by atoms with Gasteiger partial charge in [0.1, 0.15) is 5.52 Å². The average molecular weight is 357 g/mol. The smallest absolute Gasteiger partial charge is 0.230 e. The number of aromatic nitrogens is 3. The van der Waals surface area contributed by atoms with Crippen LogP contribution in [0.25, 0.3) is 11.1 Å². The van der Waals surface area contributed by atoms with Crippen LogP contribution in [0.2, 0.25) is 0 Å². The molecule has 26 heavy (non-hydrogen) atoms. The van der Waals surface area contributed by atoms with E-state index in [1.807, 2.05) is 24.3 Å². The largest absolute Gasteiger partial charge is 0.439 e. The lowest BCUT2D eigenvalue weighted by Gasteiger charge is -2.28. The Morgan fingerprint density at radius 1 is 1.19 bits per heavy atom. The number of likely N-dealkylation sites (tertiary alicyclic amines) is 1. The average Bonchev–Trinajstić information content (AvgIpc) is 3.31. The summed E-state index contributed by atoms with van der Waals surface area (Å²) in [6.45, 7) is 7.08. The lowest BCUT2D eigenvalue weighted by molar-refractivity contribution is 0.0760. The highest BCUT2D eigenvalue weighted by Crippen LogP contribution is 2.22. The van der Waals surface area contributed by atoms with Gasteiger partial charge in [0.05, 0.1) is 25.2 Å². The molecule has 3 heterocycles. The molecule has 0 unspecified atom stereocenters. The van der Waals surface area contributed by atoms with Crippen LogP contribution in [0.1, 0.15) is 24.6 Å². The topological polar surface area (TPSA) is 91.7 Å². The Hall–Kier alpha value is -2.29. The molecule has 1 fully saturated rings. The Balaban J connectivity index is 1.42. The van der Waals surface area contributed by atoms with E-state index in [-0.39, 0.29) is 6.04 Å². The number of nitrogens with zero attached hydrogens (tertiary/aromatic N) is 5. The Morgan fingerprint density at radius 2 is 2.04 bits per heavy atom. The van der Waals surface area contributed by atoms with Crippen molar-refractivity contribution in [3.05, 3.63) is 41.9 Å². The van der Waals surface area contributed by atoms with Gasteiger partial charge in [-0.25, -0.2) is 4.98 Å². The molecular weight excluding hydrogens is 334 g/mol. The van der Waals surface area contributed by atoms with Crippen LogP contribution in [0.5, 0.6) is 0 Å². The lowest BCUT2D eigenvalue weighted by Crippen LogP contribution is -2.42. The van der Waals surface area contributed by atoms with Crippen LogP contribution in [0.15, 0.2) is 33.1 Å². The van der Waals surface area contributed by atoms with Crippen molar-refractivity contribution < 1.29 is 13.9 Å². The minimum atomic E-state index is -0.441. The van der Waals surface area contributed by atoms with Crippen LogP contribution < -0.4 is 0 Å². The summed E-state index contributed by atoms with van der Waals surface area (Å²) in [5, 5.41) is 18.5. The van der Waals surface area contributed by atoms with Gasteiger partial charge >= 0.3 is 0 Å². The van der Waals surface area contributed by atoms with Crippen molar-refractivity contribution in [1.29, 1.82) is 0 Å². The summed E-state index contributed by atoms with van der Waals surface area (Å²) in [5.41, 5.74) is 1.65. The lowest BCUT2D eigenvalue weighted by atomic mass is 10.2. The van der Waals surface area contributed by atoms with Crippen LogP contribution in [-0.2, 0) is 13.1 Å². The molecule has 8 nitrogen and oxygen atoms in total. The third-order valence-corrected chi connectivity index (χ3v) is 4.81. The molecular formula is C18H23N5O3. The standard InChI is InChI=1S/C18H23N5O3/c1-3-23(11-18-21-20-12(2)25-18)14-8-22(9-15(14)24)10-17-19-13-6-4-5-7-16(13)26-17/h4-7,14-15,24H,3,8-11H2,1-2H3/t14-,15+/m0/s1. The van der Waals surface area contributed by atoms with Gasteiger partial charge in [-0.15, -0.1) is 10.2 Å². The molecule has 8 heteroatoms. The van der Waals surface area contributed by atoms with E-state index < -0.39 is 6.10 Å². The summed E-state index contributed by atoms with van der Waals surface area (Å²) in [7, 11) is 0. The number of oxazole rings is 1. The summed E-state index contributed by atoms with van der Waals surface area (Å²) >= 11 is 0. The molecule has 0 amide bonds. The third-order valence-electron chi connectivity index (χ3n) is 4.81. The molecule has 0 spiro atoms. The second kappa shape index (κ2) is 7.14. The number of rotatable bonds is 6. The maximum atomic E-state index is 10.6. The van der Waals surface area contributed by atoms with E-state index in [2.05, 4.69) is 31.9 Å². The van der Waals surface area contributed by atoms with Gasteiger partial charge in [0.25, 0.3) is 0 Å². The van der Waals surface area contributed by atoms with Crippen molar-refractivity contribution in [3.8, 4) is 0 Å². The van der Waals surface area contributed by atoms with Crippen molar-refractivity contribution in [1.82, 2.24) is 25.0 Å². The summed E-state index contributed by atoms with van der Waals surface area (Å²) in [6.07, 6.45) is -0.441. The maximum absolute atomic E-state index is 10.6. The van der Waals surface area contributed by atoms with Crippen LogP contribution in [-0.4, -0.2) is 61.9 Å². The summed E-state index contributed by atoms with van der Waals surface area (Å²) in [5.74, 6) is 1.81. The van der Waals surface area contributed by atoms with E-state index in [9.17, 15) is 5.11 Å². The number of β-amino-alcohol motifs (C(OH)–C–C–N with tert-alkyl or cyclic N) is 1. The van der Waals surface area contributed by atoms with Crippen molar-refractivity contribution in [2.24, 2.45) is 0 Å². The van der Waals surface area contributed by atoms with Crippen molar-refractivity contribution in [2.75, 3.05) is 19.6 Å². The van der Waals surface area contributed by atoms with E-state index in [1.165, 1.54) is 0 Å². The van der Waals surface area contributed by atoms with Crippen LogP contribution >= 0.6 is 0 Å². The van der Waals surface area contributed by atoms with Crippen molar-refractivity contribution in [2.45, 2.75) is 39.1 Å². The molecule has 1 N–H and O–H groups in total. The monoisotopic (exact) mass is 357 g/mol. The first-order valence-electron chi connectivity index (χ1n) is 8.90. The fourth-order valence-electron chi connectivity index (χ4n) is 3.55. The Morgan fingerprint density at radius 3 is 2.77 bits per heavy atom. The molecule has 1 aromatic carbocycles. The predicted molar refractivity (Wildman–Crippen MR) is 94.2 cm³/mol. The number of hydrogen-bond donors (Lipinski definition) is 1. The van der Waals surface area contributed by atoms with Crippen molar-refractivity contribution >= 4 is 11.1 Å². The molecule has 138 valence electrons. The zero-order valence-electron chi connectivity index (χ0n) is 15.0. The van der Waals surface area contributed by atoms with Gasteiger partial charge in [0, 0.05) is 20.0 Å². The van der Waals surface area contributed by atoms with Crippen LogP contribution in [0.3, 0.4) is 0 Å². The fourth-order valence-corrected chi connectivity index (χ4v) is 3.55. The molecule has 2 atom stereocenters.